The summed E-state index contributed by atoms with van der Waals surface area (Å²) >= 11 is 3.40. The molecule has 0 N–H and O–H groups in total. The minimum atomic E-state index is -0.196. The zero-order chi connectivity index (χ0) is 11.1. The highest BCUT2D eigenvalue weighted by Gasteiger charge is 1.95. The fraction of sp³-hybridized carbons (Fsp3) is 0.417. The summed E-state index contributed by atoms with van der Waals surface area (Å²) in [6, 6.07) is 8.30. The van der Waals surface area contributed by atoms with E-state index in [0.29, 0.717) is 6.61 Å². The molecule has 0 saturated carbocycles. The lowest BCUT2D eigenvalue weighted by Gasteiger charge is -2.02. The molecule has 1 rings (SSSR count). The molecule has 82 valence electrons. The summed E-state index contributed by atoms with van der Waals surface area (Å²) in [5.41, 5.74) is 1.32. The average Bonchev–Trinajstić information content (AvgIpc) is 2.20. The number of aryl methyl sites for hydroxylation is 1. The van der Waals surface area contributed by atoms with Crippen molar-refractivity contribution in [2.75, 3.05) is 6.61 Å². The number of ether oxygens (including phenoxy) is 1. The second kappa shape index (κ2) is 6.62. The van der Waals surface area contributed by atoms with Crippen LogP contribution in [0.5, 0.6) is 0 Å². The standard InChI is InChI=1S/C12H15BrO2/c1-10(14)15-9-3-2-4-11-5-7-12(13)8-6-11/h5-8H,2-4,9H2,1H3. The first-order valence-corrected chi connectivity index (χ1v) is 5.85. The lowest BCUT2D eigenvalue weighted by molar-refractivity contribution is -0.141. The number of carbonyl (C=O) groups is 1. The van der Waals surface area contributed by atoms with E-state index < -0.39 is 0 Å². The Morgan fingerprint density at radius 1 is 1.27 bits per heavy atom. The third-order valence-electron chi connectivity index (χ3n) is 2.08. The van der Waals surface area contributed by atoms with Crippen LogP contribution in [0.15, 0.2) is 28.7 Å². The molecule has 0 aliphatic heterocycles. The van der Waals surface area contributed by atoms with Crippen molar-refractivity contribution in [3.05, 3.63) is 34.3 Å². The molecule has 0 saturated heterocycles. The van der Waals surface area contributed by atoms with Crippen molar-refractivity contribution in [1.29, 1.82) is 0 Å². The number of benzene rings is 1. The van der Waals surface area contributed by atoms with Crippen LogP contribution in [-0.4, -0.2) is 12.6 Å². The van der Waals surface area contributed by atoms with Gasteiger partial charge in [-0.05, 0) is 37.0 Å². The Bertz CT molecular complexity index is 306. The van der Waals surface area contributed by atoms with Crippen LogP contribution >= 0.6 is 15.9 Å². The van der Waals surface area contributed by atoms with E-state index in [2.05, 4.69) is 28.1 Å². The van der Waals surface area contributed by atoms with Crippen molar-refractivity contribution in [3.8, 4) is 0 Å². The highest BCUT2D eigenvalue weighted by molar-refractivity contribution is 9.10. The molecule has 0 fully saturated rings. The summed E-state index contributed by atoms with van der Waals surface area (Å²) in [6.07, 6.45) is 3.01. The Hall–Kier alpha value is -0.830. The molecule has 1 aromatic carbocycles. The predicted octanol–water partition coefficient (Wildman–Crippen LogP) is 3.33. The summed E-state index contributed by atoms with van der Waals surface area (Å²) in [7, 11) is 0. The first kappa shape index (κ1) is 12.2. The smallest absolute Gasteiger partial charge is 0.302 e. The maximum absolute atomic E-state index is 10.5. The van der Waals surface area contributed by atoms with Gasteiger partial charge in [0.2, 0.25) is 0 Å². The lowest BCUT2D eigenvalue weighted by atomic mass is 10.1. The van der Waals surface area contributed by atoms with Gasteiger partial charge >= 0.3 is 5.97 Å². The van der Waals surface area contributed by atoms with E-state index in [1.54, 1.807) is 0 Å². The maximum atomic E-state index is 10.5. The van der Waals surface area contributed by atoms with Gasteiger partial charge in [0.25, 0.3) is 0 Å². The number of unbranched alkanes of at least 4 members (excludes halogenated alkanes) is 1. The van der Waals surface area contributed by atoms with Crippen LogP contribution in [-0.2, 0) is 16.0 Å². The van der Waals surface area contributed by atoms with E-state index in [-0.39, 0.29) is 5.97 Å². The Morgan fingerprint density at radius 2 is 1.93 bits per heavy atom. The number of hydrogen-bond acceptors (Lipinski definition) is 2. The highest BCUT2D eigenvalue weighted by Crippen LogP contribution is 2.12. The van der Waals surface area contributed by atoms with Crippen LogP contribution in [0.2, 0.25) is 0 Å². The van der Waals surface area contributed by atoms with E-state index in [4.69, 9.17) is 4.74 Å². The third kappa shape index (κ3) is 5.57. The molecule has 0 atom stereocenters. The molecule has 3 heteroatoms. The average molecular weight is 271 g/mol. The van der Waals surface area contributed by atoms with Crippen molar-refractivity contribution in [1.82, 2.24) is 0 Å². The number of halogens is 1. The number of hydrogen-bond donors (Lipinski definition) is 0. The largest absolute Gasteiger partial charge is 0.466 e. The number of rotatable bonds is 5. The van der Waals surface area contributed by atoms with Crippen molar-refractivity contribution in [2.24, 2.45) is 0 Å². The molecule has 0 amide bonds. The molecule has 0 aliphatic carbocycles. The van der Waals surface area contributed by atoms with Crippen LogP contribution in [0, 0.1) is 0 Å². The fourth-order valence-corrected chi connectivity index (χ4v) is 1.56. The molecular weight excluding hydrogens is 256 g/mol. The number of esters is 1. The van der Waals surface area contributed by atoms with Crippen molar-refractivity contribution < 1.29 is 9.53 Å². The van der Waals surface area contributed by atoms with Crippen molar-refractivity contribution >= 4 is 21.9 Å². The normalized spacial score (nSPS) is 10.0. The highest BCUT2D eigenvalue weighted by atomic mass is 79.9. The van der Waals surface area contributed by atoms with Crippen LogP contribution in [0.25, 0.3) is 0 Å². The van der Waals surface area contributed by atoms with E-state index in [1.807, 2.05) is 12.1 Å². The topological polar surface area (TPSA) is 26.3 Å². The summed E-state index contributed by atoms with van der Waals surface area (Å²) < 4.78 is 5.96. The molecule has 0 aliphatic rings. The van der Waals surface area contributed by atoms with Gasteiger partial charge in [0.05, 0.1) is 6.61 Å². The zero-order valence-electron chi connectivity index (χ0n) is 8.83. The Balaban J connectivity index is 2.15. The summed E-state index contributed by atoms with van der Waals surface area (Å²) in [5, 5.41) is 0. The Morgan fingerprint density at radius 3 is 2.53 bits per heavy atom. The van der Waals surface area contributed by atoms with Crippen LogP contribution in [0.4, 0.5) is 0 Å². The van der Waals surface area contributed by atoms with Gasteiger partial charge in [-0.2, -0.15) is 0 Å². The molecule has 15 heavy (non-hydrogen) atoms. The SMILES string of the molecule is CC(=O)OCCCCc1ccc(Br)cc1. The summed E-state index contributed by atoms with van der Waals surface area (Å²) in [6.45, 7) is 1.97. The maximum Gasteiger partial charge on any atom is 0.302 e. The molecule has 0 unspecified atom stereocenters. The van der Waals surface area contributed by atoms with Crippen LogP contribution < -0.4 is 0 Å². The minimum Gasteiger partial charge on any atom is -0.466 e. The molecule has 2 nitrogen and oxygen atoms in total. The monoisotopic (exact) mass is 270 g/mol. The Labute approximate surface area is 98.8 Å². The Kier molecular flexibility index (Phi) is 5.40. The van der Waals surface area contributed by atoms with Gasteiger partial charge in [-0.25, -0.2) is 0 Å². The van der Waals surface area contributed by atoms with Gasteiger partial charge in [0.15, 0.2) is 0 Å². The third-order valence-corrected chi connectivity index (χ3v) is 2.61. The zero-order valence-corrected chi connectivity index (χ0v) is 10.4. The second-order valence-corrected chi connectivity index (χ2v) is 4.34. The van der Waals surface area contributed by atoms with E-state index in [1.165, 1.54) is 12.5 Å². The molecule has 0 radical (unpaired) electrons. The predicted molar refractivity (Wildman–Crippen MR) is 63.7 cm³/mol. The first-order chi connectivity index (χ1) is 7.18. The fourth-order valence-electron chi connectivity index (χ4n) is 1.30. The summed E-state index contributed by atoms with van der Waals surface area (Å²) in [4.78, 5) is 10.5. The lowest BCUT2D eigenvalue weighted by Crippen LogP contribution is -2.00. The summed E-state index contributed by atoms with van der Waals surface area (Å²) in [5.74, 6) is -0.196. The molecule has 0 bridgehead atoms. The van der Waals surface area contributed by atoms with Gasteiger partial charge in [-0.15, -0.1) is 0 Å². The molecular formula is C12H15BrO2. The van der Waals surface area contributed by atoms with E-state index in [0.717, 1.165) is 23.7 Å². The van der Waals surface area contributed by atoms with Crippen LogP contribution in [0.1, 0.15) is 25.3 Å². The second-order valence-electron chi connectivity index (χ2n) is 3.42. The molecule has 1 aromatic rings. The molecule has 0 heterocycles. The molecule has 0 aromatic heterocycles. The van der Waals surface area contributed by atoms with Gasteiger partial charge in [0.1, 0.15) is 0 Å². The molecule has 0 spiro atoms. The quantitative estimate of drug-likeness (QED) is 0.606. The minimum absolute atomic E-state index is 0.196. The van der Waals surface area contributed by atoms with Gasteiger partial charge in [0, 0.05) is 11.4 Å². The van der Waals surface area contributed by atoms with Crippen LogP contribution in [0.3, 0.4) is 0 Å². The van der Waals surface area contributed by atoms with Crippen molar-refractivity contribution in [2.45, 2.75) is 26.2 Å². The van der Waals surface area contributed by atoms with Gasteiger partial charge in [-0.3, -0.25) is 4.79 Å². The van der Waals surface area contributed by atoms with E-state index in [9.17, 15) is 4.79 Å². The number of carbonyl (C=O) groups excluding carboxylic acids is 1. The first-order valence-electron chi connectivity index (χ1n) is 5.06. The van der Waals surface area contributed by atoms with Gasteiger partial charge in [-0.1, -0.05) is 28.1 Å². The van der Waals surface area contributed by atoms with E-state index >= 15 is 0 Å². The van der Waals surface area contributed by atoms with Gasteiger partial charge < -0.3 is 4.74 Å². The van der Waals surface area contributed by atoms with Crippen molar-refractivity contribution in [3.63, 3.8) is 0 Å².